The van der Waals surface area contributed by atoms with Crippen LogP contribution in [-0.4, -0.2) is 43.6 Å². The van der Waals surface area contributed by atoms with Gasteiger partial charge in [0.05, 0.1) is 38.9 Å². The molecule has 8 aromatic rings. The first-order valence-corrected chi connectivity index (χ1v) is 20.9. The maximum Gasteiger partial charge on any atom is 0.0963 e. The average Bonchev–Trinajstić information content (AvgIpc) is 4.06. The van der Waals surface area contributed by atoms with Gasteiger partial charge in [0.25, 0.3) is 0 Å². The summed E-state index contributed by atoms with van der Waals surface area (Å²) in [4.78, 5) is 12.7. The number of thiazole rings is 1. The lowest BCUT2D eigenvalue weighted by Gasteiger charge is -2.06. The highest BCUT2D eigenvalue weighted by Crippen LogP contribution is 2.26. The molecule has 57 heavy (non-hydrogen) atoms. The Hall–Kier alpha value is -5.35. The Morgan fingerprint density at radius 1 is 0.491 bits per heavy atom. The molecular formula is C47H65N9S. The van der Waals surface area contributed by atoms with Gasteiger partial charge in [-0.2, -0.15) is 10.2 Å². The summed E-state index contributed by atoms with van der Waals surface area (Å²) >= 11 is 1.79. The van der Waals surface area contributed by atoms with Gasteiger partial charge in [-0.25, -0.2) is 15.0 Å². The zero-order valence-electron chi connectivity index (χ0n) is 36.2. The minimum atomic E-state index is 0.484. The lowest BCUT2D eigenvalue weighted by molar-refractivity contribution is 0.532. The van der Waals surface area contributed by atoms with Crippen LogP contribution in [0.1, 0.15) is 130 Å². The first-order chi connectivity index (χ1) is 27.3. The number of hydrogen-bond acceptors (Lipinski definition) is 6. The van der Waals surface area contributed by atoms with Crippen molar-refractivity contribution < 1.29 is 0 Å². The van der Waals surface area contributed by atoms with E-state index in [2.05, 4.69) is 166 Å². The quantitative estimate of drug-likeness (QED) is 0.168. The number of fused-ring (bicyclic) bond motifs is 2. The Morgan fingerprint density at radius 2 is 1.05 bits per heavy atom. The number of para-hydroxylation sites is 3. The Bertz CT molecular complexity index is 2020. The van der Waals surface area contributed by atoms with Crippen LogP contribution in [0.3, 0.4) is 0 Å². The monoisotopic (exact) mass is 788 g/mol. The molecule has 0 aliphatic carbocycles. The molecule has 304 valence electrons. The van der Waals surface area contributed by atoms with Crippen LogP contribution in [0.25, 0.3) is 21.3 Å². The fraction of sp³-hybridized carbons (Fsp3) is 0.383. The number of hydrogen-bond donors (Lipinski definition) is 0. The summed E-state index contributed by atoms with van der Waals surface area (Å²) in [5, 5.41) is 9.30. The molecule has 0 saturated carbocycles. The lowest BCUT2D eigenvalue weighted by Crippen LogP contribution is -1.99. The van der Waals surface area contributed by atoms with Crippen molar-refractivity contribution >= 4 is 32.6 Å². The maximum atomic E-state index is 4.53. The number of rotatable bonds is 6. The van der Waals surface area contributed by atoms with Gasteiger partial charge in [0.1, 0.15) is 0 Å². The smallest absolute Gasteiger partial charge is 0.0963 e. The van der Waals surface area contributed by atoms with Crippen molar-refractivity contribution in [3.63, 3.8) is 0 Å². The van der Waals surface area contributed by atoms with Crippen molar-refractivity contribution in [2.75, 3.05) is 0 Å². The van der Waals surface area contributed by atoms with E-state index in [1.807, 2.05) is 83.1 Å². The van der Waals surface area contributed by atoms with Crippen molar-refractivity contribution in [2.45, 2.75) is 119 Å². The van der Waals surface area contributed by atoms with E-state index in [-0.39, 0.29) is 0 Å². The van der Waals surface area contributed by atoms with Crippen LogP contribution in [0.5, 0.6) is 0 Å². The van der Waals surface area contributed by atoms with Gasteiger partial charge in [0.15, 0.2) is 0 Å². The van der Waals surface area contributed by atoms with E-state index in [4.69, 9.17) is 0 Å². The molecule has 0 aliphatic rings. The Kier molecular flexibility index (Phi) is 19.6. The predicted molar refractivity (Wildman–Crippen MR) is 242 cm³/mol. The van der Waals surface area contributed by atoms with Crippen molar-refractivity contribution in [2.24, 2.45) is 0 Å². The topological polar surface area (TPSA) is 84.2 Å². The first-order valence-electron chi connectivity index (χ1n) is 20.1. The van der Waals surface area contributed by atoms with Gasteiger partial charge in [0, 0.05) is 67.3 Å². The zero-order valence-corrected chi connectivity index (χ0v) is 37.0. The van der Waals surface area contributed by atoms with Crippen LogP contribution in [-0.2, 0) is 0 Å². The van der Waals surface area contributed by atoms with Crippen LogP contribution in [0.4, 0.5) is 0 Å². The van der Waals surface area contributed by atoms with Gasteiger partial charge < -0.3 is 9.13 Å². The molecule has 0 radical (unpaired) electrons. The van der Waals surface area contributed by atoms with Crippen molar-refractivity contribution in [3.05, 3.63) is 151 Å². The standard InChI is InChI=1S/C10H12N2.C10H11NS.C9H12.3C6H10N2/c1-8(2)12-7-11-9-5-3-4-6-10(9)12;1-7(2)10-11-8-5-3-4-6-9(8)12-10;1-8(2)9-6-4-3-5-7-9;1-6(2)8-4-3-7-5-8;2*1-6(2)8-5-3-4-7-8/h3-8H,1-2H3;3-7H,1-2H3;3-8H,1-2H3;3*3-6H,1-2H3. The number of imidazole rings is 2. The van der Waals surface area contributed by atoms with E-state index < -0.39 is 0 Å². The largest absolute Gasteiger partial charge is 0.335 e. The summed E-state index contributed by atoms with van der Waals surface area (Å²) in [6, 6.07) is 32.9. The van der Waals surface area contributed by atoms with Gasteiger partial charge in [0.2, 0.25) is 0 Å². The molecule has 0 saturated heterocycles. The van der Waals surface area contributed by atoms with Crippen LogP contribution in [0.2, 0.25) is 0 Å². The van der Waals surface area contributed by atoms with E-state index >= 15 is 0 Å². The summed E-state index contributed by atoms with van der Waals surface area (Å²) < 4.78 is 9.36. The van der Waals surface area contributed by atoms with Crippen molar-refractivity contribution in [3.8, 4) is 0 Å². The average molecular weight is 788 g/mol. The molecule has 5 heterocycles. The summed E-state index contributed by atoms with van der Waals surface area (Å²) in [5.41, 5.74) is 4.84. The van der Waals surface area contributed by atoms with Gasteiger partial charge in [-0.3, -0.25) is 9.36 Å². The highest BCUT2D eigenvalue weighted by atomic mass is 32.1. The van der Waals surface area contributed by atoms with E-state index in [9.17, 15) is 0 Å². The molecule has 0 unspecified atom stereocenters. The molecule has 0 spiro atoms. The second kappa shape index (κ2) is 24.3. The third-order valence-corrected chi connectivity index (χ3v) is 9.87. The minimum Gasteiger partial charge on any atom is -0.335 e. The molecular weight excluding hydrogens is 723 g/mol. The molecule has 10 heteroatoms. The second-order valence-corrected chi connectivity index (χ2v) is 16.3. The fourth-order valence-electron chi connectivity index (χ4n) is 5.11. The molecule has 0 amide bonds. The molecule has 0 fully saturated rings. The number of nitrogens with zero attached hydrogens (tertiary/aromatic N) is 9. The lowest BCUT2D eigenvalue weighted by atomic mass is 10.0. The van der Waals surface area contributed by atoms with Crippen LogP contribution < -0.4 is 0 Å². The molecule has 0 bridgehead atoms. The number of benzene rings is 3. The van der Waals surface area contributed by atoms with Gasteiger partial charge >= 0.3 is 0 Å². The second-order valence-electron chi connectivity index (χ2n) is 15.2. The van der Waals surface area contributed by atoms with Gasteiger partial charge in [-0.1, -0.05) is 82.3 Å². The van der Waals surface area contributed by atoms with E-state index in [0.29, 0.717) is 36.0 Å². The highest BCUT2D eigenvalue weighted by molar-refractivity contribution is 7.18. The molecule has 5 aromatic heterocycles. The predicted octanol–water partition coefficient (Wildman–Crippen LogP) is 13.2. The summed E-state index contributed by atoms with van der Waals surface area (Å²) in [7, 11) is 0. The Balaban J connectivity index is 0.000000185. The van der Waals surface area contributed by atoms with E-state index in [0.717, 1.165) is 11.0 Å². The van der Waals surface area contributed by atoms with Crippen molar-refractivity contribution in [1.82, 2.24) is 43.6 Å². The molecule has 0 atom stereocenters. The normalized spacial score (nSPS) is 10.7. The minimum absolute atomic E-state index is 0.484. The SMILES string of the molecule is CC(C)c1ccccc1.CC(C)c1nc2ccccc2s1.CC(C)n1cccn1.CC(C)n1cccn1.CC(C)n1ccnc1.CC(C)n1cnc2ccccc21. The van der Waals surface area contributed by atoms with Crippen LogP contribution >= 0.6 is 11.3 Å². The van der Waals surface area contributed by atoms with Crippen LogP contribution in [0.15, 0.2) is 141 Å². The number of aromatic nitrogens is 9. The Morgan fingerprint density at radius 3 is 1.46 bits per heavy atom. The summed E-state index contributed by atoms with van der Waals surface area (Å²) in [6.45, 7) is 25.8. The highest BCUT2D eigenvalue weighted by Gasteiger charge is 2.06. The third kappa shape index (κ3) is 16.0. The maximum absolute atomic E-state index is 4.53. The van der Waals surface area contributed by atoms with Crippen molar-refractivity contribution in [1.29, 1.82) is 0 Å². The zero-order chi connectivity index (χ0) is 41.7. The van der Waals surface area contributed by atoms with Gasteiger partial charge in [-0.05, 0) is 103 Å². The van der Waals surface area contributed by atoms with E-state index in [1.54, 1.807) is 29.9 Å². The summed E-state index contributed by atoms with van der Waals surface area (Å²) in [5.74, 6) is 1.20. The first kappa shape index (κ1) is 46.0. The molecule has 8 rings (SSSR count). The third-order valence-electron chi connectivity index (χ3n) is 8.54. The molecule has 0 aliphatic heterocycles. The molecule has 0 N–H and O–H groups in total. The molecule has 9 nitrogen and oxygen atoms in total. The van der Waals surface area contributed by atoms with Gasteiger partial charge in [-0.15, -0.1) is 11.3 Å². The summed E-state index contributed by atoms with van der Waals surface area (Å²) in [6.07, 6.45) is 15.0. The van der Waals surface area contributed by atoms with Crippen LogP contribution in [0, 0.1) is 0 Å². The molecule has 3 aromatic carbocycles. The Labute approximate surface area is 345 Å². The fourth-order valence-corrected chi connectivity index (χ4v) is 6.08. The van der Waals surface area contributed by atoms with E-state index in [1.165, 1.54) is 20.8 Å².